The van der Waals surface area contributed by atoms with Crippen LogP contribution in [-0.2, 0) is 19.5 Å². The standard InChI is InChI=1S/C20H17BrN2O2/c1-12-2-4-13(5-3-12)10-22-20(25)17-11-23-7-6-14-8-15(21)9-16(18(14)23)19(17)24/h2-5,8-9,11H,6-7,10H2,1H3,(H,22,25). The van der Waals surface area contributed by atoms with Crippen molar-refractivity contribution in [1.29, 1.82) is 0 Å². The monoisotopic (exact) mass is 396 g/mol. The minimum atomic E-state index is -0.329. The number of benzene rings is 2. The number of halogens is 1. The summed E-state index contributed by atoms with van der Waals surface area (Å²) < 4.78 is 2.89. The molecule has 5 heteroatoms. The number of aryl methyl sites for hydroxylation is 3. The number of carbonyl (C=O) groups is 1. The topological polar surface area (TPSA) is 51.1 Å². The number of hydrogen-bond acceptors (Lipinski definition) is 2. The van der Waals surface area contributed by atoms with Crippen molar-refractivity contribution in [1.82, 2.24) is 9.88 Å². The van der Waals surface area contributed by atoms with Gasteiger partial charge in [-0.1, -0.05) is 45.8 Å². The maximum absolute atomic E-state index is 12.8. The minimum absolute atomic E-state index is 0.200. The SMILES string of the molecule is Cc1ccc(CNC(=O)c2cn3c4c(cc(Br)cc4c2=O)CC3)cc1. The highest BCUT2D eigenvalue weighted by molar-refractivity contribution is 9.10. The van der Waals surface area contributed by atoms with Crippen molar-refractivity contribution in [2.45, 2.75) is 26.4 Å². The fourth-order valence-corrected chi connectivity index (χ4v) is 3.85. The van der Waals surface area contributed by atoms with E-state index in [0.29, 0.717) is 11.9 Å². The van der Waals surface area contributed by atoms with Gasteiger partial charge in [-0.15, -0.1) is 0 Å². The zero-order valence-corrected chi connectivity index (χ0v) is 15.4. The van der Waals surface area contributed by atoms with E-state index in [4.69, 9.17) is 0 Å². The summed E-state index contributed by atoms with van der Waals surface area (Å²) >= 11 is 3.46. The first-order valence-electron chi connectivity index (χ1n) is 8.22. The van der Waals surface area contributed by atoms with Crippen molar-refractivity contribution in [3.63, 3.8) is 0 Å². The van der Waals surface area contributed by atoms with Crippen LogP contribution >= 0.6 is 15.9 Å². The van der Waals surface area contributed by atoms with Crippen molar-refractivity contribution in [3.05, 3.63) is 79.5 Å². The summed E-state index contributed by atoms with van der Waals surface area (Å²) in [5, 5.41) is 3.46. The lowest BCUT2D eigenvalue weighted by Crippen LogP contribution is -2.29. The maximum atomic E-state index is 12.8. The van der Waals surface area contributed by atoms with Crippen molar-refractivity contribution in [3.8, 4) is 0 Å². The quantitative estimate of drug-likeness (QED) is 0.735. The Labute approximate surface area is 153 Å². The van der Waals surface area contributed by atoms with Crippen LogP contribution in [0.25, 0.3) is 10.9 Å². The van der Waals surface area contributed by atoms with Gasteiger partial charge < -0.3 is 9.88 Å². The third-order valence-corrected chi connectivity index (χ3v) is 5.11. The Morgan fingerprint density at radius 2 is 2.00 bits per heavy atom. The van der Waals surface area contributed by atoms with E-state index in [1.807, 2.05) is 41.8 Å². The van der Waals surface area contributed by atoms with Crippen LogP contribution in [0.3, 0.4) is 0 Å². The largest absolute Gasteiger partial charge is 0.348 e. The molecule has 25 heavy (non-hydrogen) atoms. The van der Waals surface area contributed by atoms with Gasteiger partial charge in [0, 0.05) is 29.1 Å². The molecule has 0 fully saturated rings. The number of aromatic nitrogens is 1. The Kier molecular flexibility index (Phi) is 3.96. The predicted molar refractivity (Wildman–Crippen MR) is 102 cm³/mol. The van der Waals surface area contributed by atoms with Crippen LogP contribution in [-0.4, -0.2) is 10.5 Å². The highest BCUT2D eigenvalue weighted by Crippen LogP contribution is 2.28. The number of hydrogen-bond donors (Lipinski definition) is 1. The van der Waals surface area contributed by atoms with Crippen LogP contribution in [0.4, 0.5) is 0 Å². The van der Waals surface area contributed by atoms with E-state index < -0.39 is 0 Å². The summed E-state index contributed by atoms with van der Waals surface area (Å²) in [4.78, 5) is 25.4. The molecule has 126 valence electrons. The third-order valence-electron chi connectivity index (χ3n) is 4.66. The summed E-state index contributed by atoms with van der Waals surface area (Å²) in [5.41, 5.74) is 4.26. The average Bonchev–Trinajstić information content (AvgIpc) is 3.00. The lowest BCUT2D eigenvalue weighted by Gasteiger charge is -2.10. The number of nitrogens with zero attached hydrogens (tertiary/aromatic N) is 1. The van der Waals surface area contributed by atoms with Gasteiger partial charge in [0.05, 0.1) is 5.52 Å². The molecule has 1 aliphatic rings. The molecule has 1 N–H and O–H groups in total. The van der Waals surface area contributed by atoms with Gasteiger partial charge in [-0.3, -0.25) is 9.59 Å². The molecule has 2 heterocycles. The Balaban J connectivity index is 1.68. The van der Waals surface area contributed by atoms with Crippen LogP contribution in [0.15, 0.2) is 51.9 Å². The normalized spacial score (nSPS) is 12.6. The number of carbonyl (C=O) groups excluding carboxylic acids is 1. The summed E-state index contributed by atoms with van der Waals surface area (Å²) in [6, 6.07) is 11.8. The Hall–Kier alpha value is -2.40. The summed E-state index contributed by atoms with van der Waals surface area (Å²) in [7, 11) is 0. The van der Waals surface area contributed by atoms with Gasteiger partial charge in [0.2, 0.25) is 5.43 Å². The van der Waals surface area contributed by atoms with Crippen LogP contribution in [0.2, 0.25) is 0 Å². The molecule has 0 spiro atoms. The third kappa shape index (κ3) is 2.89. The molecular formula is C20H17BrN2O2. The number of pyridine rings is 1. The van der Waals surface area contributed by atoms with E-state index in [9.17, 15) is 9.59 Å². The predicted octanol–water partition coefficient (Wildman–Crippen LogP) is 3.56. The number of amides is 1. The van der Waals surface area contributed by atoms with Gasteiger partial charge in [0.1, 0.15) is 5.56 Å². The first-order valence-corrected chi connectivity index (χ1v) is 9.01. The Morgan fingerprint density at radius 1 is 1.24 bits per heavy atom. The summed E-state index contributed by atoms with van der Waals surface area (Å²) in [5.74, 6) is -0.329. The van der Waals surface area contributed by atoms with Crippen molar-refractivity contribution in [2.75, 3.05) is 0 Å². The minimum Gasteiger partial charge on any atom is -0.348 e. The van der Waals surface area contributed by atoms with E-state index in [-0.39, 0.29) is 16.9 Å². The lowest BCUT2D eigenvalue weighted by atomic mass is 10.1. The molecule has 0 aliphatic carbocycles. The molecule has 0 unspecified atom stereocenters. The molecule has 3 aromatic rings. The second-order valence-corrected chi connectivity index (χ2v) is 7.36. The molecule has 0 saturated heterocycles. The van der Waals surface area contributed by atoms with Crippen LogP contribution in [0, 0.1) is 6.92 Å². The fourth-order valence-electron chi connectivity index (χ4n) is 3.35. The van der Waals surface area contributed by atoms with Crippen LogP contribution < -0.4 is 10.7 Å². The molecule has 4 rings (SSSR count). The van der Waals surface area contributed by atoms with Crippen LogP contribution in [0.1, 0.15) is 27.0 Å². The molecule has 4 nitrogen and oxygen atoms in total. The van der Waals surface area contributed by atoms with E-state index >= 15 is 0 Å². The molecule has 0 radical (unpaired) electrons. The second-order valence-electron chi connectivity index (χ2n) is 6.44. The molecule has 1 aliphatic heterocycles. The van der Waals surface area contributed by atoms with E-state index in [1.165, 1.54) is 5.56 Å². The molecule has 0 atom stereocenters. The average molecular weight is 397 g/mol. The van der Waals surface area contributed by atoms with Gasteiger partial charge in [0.25, 0.3) is 5.91 Å². The summed E-state index contributed by atoms with van der Waals surface area (Å²) in [6.45, 7) is 3.22. The fraction of sp³-hybridized carbons (Fsp3) is 0.200. The zero-order chi connectivity index (χ0) is 17.6. The highest BCUT2D eigenvalue weighted by atomic mass is 79.9. The number of rotatable bonds is 3. The first kappa shape index (κ1) is 16.1. The van der Waals surface area contributed by atoms with Gasteiger partial charge in [-0.25, -0.2) is 0 Å². The van der Waals surface area contributed by atoms with E-state index in [1.54, 1.807) is 12.3 Å². The van der Waals surface area contributed by atoms with Crippen molar-refractivity contribution in [2.24, 2.45) is 0 Å². The van der Waals surface area contributed by atoms with E-state index in [2.05, 4.69) is 21.2 Å². The molecule has 1 aromatic heterocycles. The molecule has 0 bridgehead atoms. The van der Waals surface area contributed by atoms with Gasteiger partial charge in [-0.2, -0.15) is 0 Å². The smallest absolute Gasteiger partial charge is 0.257 e. The van der Waals surface area contributed by atoms with Gasteiger partial charge in [0.15, 0.2) is 0 Å². The van der Waals surface area contributed by atoms with Crippen molar-refractivity contribution < 1.29 is 4.79 Å². The van der Waals surface area contributed by atoms with E-state index in [0.717, 1.165) is 34.1 Å². The second kappa shape index (κ2) is 6.15. The number of nitrogens with one attached hydrogen (secondary N) is 1. The van der Waals surface area contributed by atoms with Gasteiger partial charge >= 0.3 is 0 Å². The zero-order valence-electron chi connectivity index (χ0n) is 13.8. The molecule has 1 amide bonds. The lowest BCUT2D eigenvalue weighted by molar-refractivity contribution is 0.0949. The Morgan fingerprint density at radius 3 is 2.76 bits per heavy atom. The van der Waals surface area contributed by atoms with Crippen LogP contribution in [0.5, 0.6) is 0 Å². The molecular weight excluding hydrogens is 380 g/mol. The Bertz CT molecular complexity index is 1050. The van der Waals surface area contributed by atoms with Gasteiger partial charge in [-0.05, 0) is 36.6 Å². The summed E-state index contributed by atoms with van der Waals surface area (Å²) in [6.07, 6.45) is 2.57. The molecule has 2 aromatic carbocycles. The molecule has 0 saturated carbocycles. The van der Waals surface area contributed by atoms with Crippen molar-refractivity contribution >= 4 is 32.7 Å². The first-order chi connectivity index (χ1) is 12.0. The highest BCUT2D eigenvalue weighted by Gasteiger charge is 2.21. The maximum Gasteiger partial charge on any atom is 0.257 e.